The normalized spacial score (nSPS) is 14.3. The first kappa shape index (κ1) is 17.9. The van der Waals surface area contributed by atoms with Gasteiger partial charge in [0, 0.05) is 0 Å². The van der Waals surface area contributed by atoms with Gasteiger partial charge in [-0.15, -0.1) is 0 Å². The number of aliphatic hydroxyl groups is 1. The highest BCUT2D eigenvalue weighted by molar-refractivity contribution is 5.42. The van der Waals surface area contributed by atoms with Crippen LogP contribution < -0.4 is 0 Å². The molecule has 0 amide bonds. The van der Waals surface area contributed by atoms with Crippen LogP contribution in [0, 0.1) is 0 Å². The van der Waals surface area contributed by atoms with Gasteiger partial charge in [-0.05, 0) is 41.5 Å². The molecule has 0 aliphatic rings. The summed E-state index contributed by atoms with van der Waals surface area (Å²) in [7, 11) is 0. The molecule has 0 aliphatic heterocycles. The molecule has 0 saturated carbocycles. The highest BCUT2D eigenvalue weighted by atomic mass is 19.4. The van der Waals surface area contributed by atoms with Crippen molar-refractivity contribution in [3.63, 3.8) is 0 Å². The third kappa shape index (κ3) is 3.36. The Morgan fingerprint density at radius 1 is 0.905 bits per heavy atom. The fraction of sp³-hybridized carbons (Fsp3) is 0.600. The molecule has 21 heavy (non-hydrogen) atoms. The smallest absolute Gasteiger partial charge is 0.382 e. The molecule has 1 unspecified atom stereocenters. The van der Waals surface area contributed by atoms with Crippen LogP contribution >= 0.6 is 0 Å². The van der Waals surface area contributed by atoms with Crippen molar-refractivity contribution < 1.29 is 27.1 Å². The number of hydrogen-bond donors (Lipinski definition) is 1. The Morgan fingerprint density at radius 2 is 1.33 bits per heavy atom. The maximum atomic E-state index is 13.4. The highest BCUT2D eigenvalue weighted by Gasteiger charge is 2.63. The Balaban J connectivity index is 3.47. The van der Waals surface area contributed by atoms with Crippen LogP contribution in [-0.2, 0) is 19.3 Å². The number of benzene rings is 1. The van der Waals surface area contributed by atoms with Gasteiger partial charge in [-0.2, -0.15) is 22.0 Å². The van der Waals surface area contributed by atoms with Gasteiger partial charge >= 0.3 is 12.1 Å². The lowest BCUT2D eigenvalue weighted by atomic mass is 9.88. The number of alkyl halides is 5. The second kappa shape index (κ2) is 6.30. The molecule has 0 heterocycles. The van der Waals surface area contributed by atoms with E-state index in [-0.39, 0.29) is 18.4 Å². The topological polar surface area (TPSA) is 20.2 Å². The Hall–Kier alpha value is -1.17. The van der Waals surface area contributed by atoms with Crippen molar-refractivity contribution in [2.45, 2.75) is 58.2 Å². The molecule has 6 heteroatoms. The van der Waals surface area contributed by atoms with Crippen LogP contribution in [0.25, 0.3) is 0 Å². The lowest BCUT2D eigenvalue weighted by Gasteiger charge is -2.28. The van der Waals surface area contributed by atoms with E-state index in [4.69, 9.17) is 0 Å². The second-order valence-electron chi connectivity index (χ2n) is 4.91. The third-order valence-electron chi connectivity index (χ3n) is 3.58. The molecule has 1 N–H and O–H groups in total. The van der Waals surface area contributed by atoms with Crippen LogP contribution in [0.3, 0.4) is 0 Å². The van der Waals surface area contributed by atoms with Crippen LogP contribution in [0.2, 0.25) is 0 Å². The minimum atomic E-state index is -5.79. The van der Waals surface area contributed by atoms with Gasteiger partial charge in [0.15, 0.2) is 6.10 Å². The average Bonchev–Trinajstić information content (AvgIpc) is 2.43. The number of rotatable bonds is 5. The van der Waals surface area contributed by atoms with E-state index in [0.717, 1.165) is 5.56 Å². The van der Waals surface area contributed by atoms with E-state index in [1.54, 1.807) is 26.0 Å². The lowest BCUT2D eigenvalue weighted by Crippen LogP contribution is -2.42. The van der Waals surface area contributed by atoms with Crippen molar-refractivity contribution in [1.29, 1.82) is 0 Å². The fourth-order valence-electron chi connectivity index (χ4n) is 2.33. The minimum Gasteiger partial charge on any atom is -0.382 e. The molecule has 0 aromatic heterocycles. The summed E-state index contributed by atoms with van der Waals surface area (Å²) in [5.74, 6) is -5.17. The van der Waals surface area contributed by atoms with Crippen LogP contribution in [0.5, 0.6) is 0 Å². The summed E-state index contributed by atoms with van der Waals surface area (Å²) in [5, 5.41) is 9.70. The molecule has 1 aromatic carbocycles. The predicted octanol–water partition coefficient (Wildman–Crippen LogP) is 4.60. The summed E-state index contributed by atoms with van der Waals surface area (Å²) in [6, 6.07) is 3.17. The third-order valence-corrected chi connectivity index (χ3v) is 3.58. The molecule has 0 aliphatic carbocycles. The van der Waals surface area contributed by atoms with E-state index in [9.17, 15) is 27.1 Å². The van der Waals surface area contributed by atoms with Crippen molar-refractivity contribution in [2.75, 3.05) is 0 Å². The van der Waals surface area contributed by atoms with Crippen LogP contribution in [-0.4, -0.2) is 17.2 Å². The number of aryl methyl sites for hydroxylation is 3. The molecule has 0 radical (unpaired) electrons. The fourth-order valence-corrected chi connectivity index (χ4v) is 2.33. The van der Waals surface area contributed by atoms with E-state index < -0.39 is 18.2 Å². The zero-order chi connectivity index (χ0) is 16.4. The van der Waals surface area contributed by atoms with E-state index in [1.807, 2.05) is 6.92 Å². The summed E-state index contributed by atoms with van der Waals surface area (Å²) in [6.45, 7) is 5.20. The lowest BCUT2D eigenvalue weighted by molar-refractivity contribution is -0.315. The summed E-state index contributed by atoms with van der Waals surface area (Å²) in [4.78, 5) is 0. The van der Waals surface area contributed by atoms with Crippen molar-refractivity contribution in [2.24, 2.45) is 0 Å². The quantitative estimate of drug-likeness (QED) is 0.788. The zero-order valence-electron chi connectivity index (χ0n) is 12.2. The van der Waals surface area contributed by atoms with Crippen molar-refractivity contribution in [1.82, 2.24) is 0 Å². The maximum Gasteiger partial charge on any atom is 0.456 e. The van der Waals surface area contributed by atoms with Gasteiger partial charge in [-0.25, -0.2) is 0 Å². The Kier molecular flexibility index (Phi) is 5.36. The molecule has 0 fully saturated rings. The summed E-state index contributed by atoms with van der Waals surface area (Å²) >= 11 is 0. The average molecular weight is 310 g/mol. The highest BCUT2D eigenvalue weighted by Crippen LogP contribution is 2.46. The molecule has 1 atom stereocenters. The van der Waals surface area contributed by atoms with Crippen LogP contribution in [0.4, 0.5) is 22.0 Å². The molecule has 1 aromatic rings. The first-order valence-electron chi connectivity index (χ1n) is 6.87. The Bertz CT molecular complexity index is 468. The van der Waals surface area contributed by atoms with E-state index in [2.05, 4.69) is 0 Å². The number of aliphatic hydroxyl groups excluding tert-OH is 1. The summed E-state index contributed by atoms with van der Waals surface area (Å²) < 4.78 is 64.3. The van der Waals surface area contributed by atoms with Gasteiger partial charge in [0.1, 0.15) is 0 Å². The van der Waals surface area contributed by atoms with E-state index >= 15 is 0 Å². The van der Waals surface area contributed by atoms with Crippen molar-refractivity contribution >= 4 is 0 Å². The van der Waals surface area contributed by atoms with Crippen molar-refractivity contribution in [3.8, 4) is 0 Å². The van der Waals surface area contributed by atoms with Crippen LogP contribution in [0.15, 0.2) is 12.1 Å². The molecule has 0 spiro atoms. The zero-order valence-corrected chi connectivity index (χ0v) is 12.2. The first-order valence-corrected chi connectivity index (χ1v) is 6.87. The van der Waals surface area contributed by atoms with E-state index in [1.165, 1.54) is 0 Å². The monoisotopic (exact) mass is 310 g/mol. The SMILES string of the molecule is CCc1cc(CC)c(C(O)C(F)(F)C(F)(F)F)c(CC)c1. The summed E-state index contributed by atoms with van der Waals surface area (Å²) in [5.41, 5.74) is 1.24. The van der Waals surface area contributed by atoms with Gasteiger partial charge in [-0.1, -0.05) is 32.9 Å². The molecular weight excluding hydrogens is 291 g/mol. The van der Waals surface area contributed by atoms with Gasteiger partial charge in [-0.3, -0.25) is 0 Å². The molecule has 1 nitrogen and oxygen atoms in total. The predicted molar refractivity (Wildman–Crippen MR) is 70.5 cm³/mol. The van der Waals surface area contributed by atoms with Gasteiger partial charge in [0.05, 0.1) is 0 Å². The first-order chi connectivity index (χ1) is 9.60. The Morgan fingerprint density at radius 3 is 1.62 bits per heavy atom. The molecule has 0 bridgehead atoms. The molecule has 1 rings (SSSR count). The summed E-state index contributed by atoms with van der Waals surface area (Å²) in [6.07, 6.45) is -7.46. The van der Waals surface area contributed by atoms with Crippen molar-refractivity contribution in [3.05, 3.63) is 34.4 Å². The Labute approximate surface area is 120 Å². The molecule has 0 saturated heterocycles. The maximum absolute atomic E-state index is 13.4. The van der Waals surface area contributed by atoms with E-state index in [0.29, 0.717) is 17.5 Å². The van der Waals surface area contributed by atoms with Gasteiger partial charge in [0.2, 0.25) is 0 Å². The standard InChI is InChI=1S/C15H19F5O/c1-4-9-7-10(5-2)12(11(6-3)8-9)13(21)14(16,17)15(18,19)20/h7-8,13,21H,4-6H2,1-3H3. The molecule has 120 valence electrons. The largest absolute Gasteiger partial charge is 0.456 e. The van der Waals surface area contributed by atoms with Gasteiger partial charge in [0.25, 0.3) is 0 Å². The number of halogens is 5. The van der Waals surface area contributed by atoms with Crippen LogP contribution in [0.1, 0.15) is 49.1 Å². The second-order valence-corrected chi connectivity index (χ2v) is 4.91. The minimum absolute atomic E-state index is 0.279. The molecular formula is C15H19F5O. The van der Waals surface area contributed by atoms with Gasteiger partial charge < -0.3 is 5.11 Å². The number of hydrogen-bond acceptors (Lipinski definition) is 1.